The molecule has 0 unspecified atom stereocenters. The van der Waals surface area contributed by atoms with Gasteiger partial charge in [-0.2, -0.15) is 0 Å². The van der Waals surface area contributed by atoms with E-state index >= 15 is 0 Å². The minimum Gasteiger partial charge on any atom is -0.392 e. The van der Waals surface area contributed by atoms with Crippen LogP contribution in [-0.2, 0) is 6.61 Å². The van der Waals surface area contributed by atoms with E-state index in [2.05, 4.69) is 11.0 Å². The summed E-state index contributed by atoms with van der Waals surface area (Å²) in [6.07, 6.45) is 8.19. The van der Waals surface area contributed by atoms with Crippen LogP contribution in [0.2, 0.25) is 0 Å². The van der Waals surface area contributed by atoms with Gasteiger partial charge >= 0.3 is 0 Å². The molecular weight excluding hydrogens is 236 g/mol. The first kappa shape index (κ1) is 12.9. The number of pyridine rings is 1. The zero-order valence-corrected chi connectivity index (χ0v) is 11.8. The monoisotopic (exact) mass is 260 g/mol. The lowest BCUT2D eigenvalue weighted by molar-refractivity contribution is 0.242. The summed E-state index contributed by atoms with van der Waals surface area (Å²) in [7, 11) is 0. The number of hydrogen-bond donors (Lipinski definition) is 1. The first-order valence-electron chi connectivity index (χ1n) is 7.63. The second kappa shape index (κ2) is 5.49. The zero-order chi connectivity index (χ0) is 13.2. The molecule has 3 nitrogen and oxygen atoms in total. The highest BCUT2D eigenvalue weighted by Crippen LogP contribution is 2.37. The fourth-order valence-electron chi connectivity index (χ4n) is 3.81. The molecule has 0 aromatic carbocycles. The van der Waals surface area contributed by atoms with Crippen LogP contribution in [0.3, 0.4) is 0 Å². The van der Waals surface area contributed by atoms with Crippen molar-refractivity contribution in [1.29, 1.82) is 0 Å². The molecule has 104 valence electrons. The summed E-state index contributed by atoms with van der Waals surface area (Å²) in [5, 5.41) is 9.25. The Morgan fingerprint density at radius 3 is 2.79 bits per heavy atom. The predicted octanol–water partition coefficient (Wildman–Crippen LogP) is 3.04. The van der Waals surface area contributed by atoms with Crippen LogP contribution < -0.4 is 4.90 Å². The minimum atomic E-state index is 0.0885. The number of aliphatic hydroxyl groups excluding tert-OH is 1. The molecule has 1 saturated carbocycles. The number of aliphatic hydroxyl groups is 1. The van der Waals surface area contributed by atoms with Gasteiger partial charge in [-0.05, 0) is 50.2 Å². The molecule has 2 atom stereocenters. The molecule has 1 aromatic rings. The third kappa shape index (κ3) is 2.48. The van der Waals surface area contributed by atoms with Crippen LogP contribution in [0.15, 0.2) is 12.1 Å². The molecule has 0 bridgehead atoms. The van der Waals surface area contributed by atoms with Crippen molar-refractivity contribution < 1.29 is 5.11 Å². The summed E-state index contributed by atoms with van der Waals surface area (Å²) >= 11 is 0. The summed E-state index contributed by atoms with van der Waals surface area (Å²) in [6, 6.07) is 4.83. The Morgan fingerprint density at radius 2 is 2.00 bits per heavy atom. The van der Waals surface area contributed by atoms with E-state index in [1.165, 1.54) is 38.5 Å². The molecule has 1 N–H and O–H groups in total. The first-order valence-corrected chi connectivity index (χ1v) is 7.63. The van der Waals surface area contributed by atoms with Crippen LogP contribution in [0.1, 0.15) is 49.8 Å². The lowest BCUT2D eigenvalue weighted by Gasteiger charge is -2.45. The Balaban J connectivity index is 1.85. The fraction of sp³-hybridized carbons (Fsp3) is 0.688. The largest absolute Gasteiger partial charge is 0.392 e. The minimum absolute atomic E-state index is 0.0885. The highest BCUT2D eigenvalue weighted by Gasteiger charge is 2.33. The third-order valence-electron chi connectivity index (χ3n) is 4.89. The summed E-state index contributed by atoms with van der Waals surface area (Å²) in [6.45, 7) is 3.23. The first-order chi connectivity index (χ1) is 9.29. The number of aryl methyl sites for hydroxylation is 1. The zero-order valence-electron chi connectivity index (χ0n) is 11.8. The van der Waals surface area contributed by atoms with Gasteiger partial charge in [-0.15, -0.1) is 0 Å². The van der Waals surface area contributed by atoms with Gasteiger partial charge in [0.1, 0.15) is 5.82 Å². The highest BCUT2D eigenvalue weighted by atomic mass is 16.3. The molecule has 0 amide bonds. The van der Waals surface area contributed by atoms with E-state index in [1.54, 1.807) is 0 Å². The van der Waals surface area contributed by atoms with Gasteiger partial charge in [-0.25, -0.2) is 4.98 Å². The summed E-state index contributed by atoms with van der Waals surface area (Å²) < 4.78 is 0. The number of rotatable bonds is 2. The van der Waals surface area contributed by atoms with E-state index in [9.17, 15) is 5.11 Å². The van der Waals surface area contributed by atoms with Crippen molar-refractivity contribution in [2.24, 2.45) is 5.92 Å². The molecule has 2 fully saturated rings. The standard InChI is InChI=1S/C16H24N2O/c1-12-14(11-19)8-9-16(17-12)18-10-4-6-13-5-2-3-7-15(13)18/h8-9,13,15,19H,2-7,10-11H2,1H3/t13-,15-/m1/s1. The maximum atomic E-state index is 9.25. The van der Waals surface area contributed by atoms with Gasteiger partial charge in [0.25, 0.3) is 0 Å². The van der Waals surface area contributed by atoms with Crippen LogP contribution in [0, 0.1) is 12.8 Å². The molecule has 3 rings (SSSR count). The lowest BCUT2D eigenvalue weighted by Crippen LogP contribution is -2.47. The number of hydrogen-bond acceptors (Lipinski definition) is 3. The Kier molecular flexibility index (Phi) is 3.74. The molecule has 1 aliphatic heterocycles. The molecule has 2 heterocycles. The quantitative estimate of drug-likeness (QED) is 0.888. The average molecular weight is 260 g/mol. The van der Waals surface area contributed by atoms with Crippen LogP contribution in [0.5, 0.6) is 0 Å². The van der Waals surface area contributed by atoms with E-state index in [4.69, 9.17) is 4.98 Å². The normalized spacial score (nSPS) is 27.2. The fourth-order valence-corrected chi connectivity index (χ4v) is 3.81. The Hall–Kier alpha value is -1.09. The van der Waals surface area contributed by atoms with Gasteiger partial charge in [-0.3, -0.25) is 0 Å². The van der Waals surface area contributed by atoms with Crippen molar-refractivity contribution in [3.63, 3.8) is 0 Å². The van der Waals surface area contributed by atoms with E-state index in [0.29, 0.717) is 6.04 Å². The maximum absolute atomic E-state index is 9.25. The van der Waals surface area contributed by atoms with Gasteiger partial charge in [-0.1, -0.05) is 18.9 Å². The third-order valence-corrected chi connectivity index (χ3v) is 4.89. The lowest BCUT2D eigenvalue weighted by atomic mass is 9.78. The number of fused-ring (bicyclic) bond motifs is 1. The molecule has 1 aromatic heterocycles. The van der Waals surface area contributed by atoms with Gasteiger partial charge in [0, 0.05) is 18.3 Å². The van der Waals surface area contributed by atoms with Crippen molar-refractivity contribution >= 4 is 5.82 Å². The van der Waals surface area contributed by atoms with E-state index < -0.39 is 0 Å². The van der Waals surface area contributed by atoms with Crippen molar-refractivity contribution in [2.45, 2.75) is 58.1 Å². The van der Waals surface area contributed by atoms with Crippen LogP contribution in [0.25, 0.3) is 0 Å². The SMILES string of the molecule is Cc1nc(N2CCC[C@H]3CCCC[C@H]32)ccc1CO. The summed E-state index contributed by atoms with van der Waals surface area (Å²) in [5.41, 5.74) is 1.92. The smallest absolute Gasteiger partial charge is 0.129 e. The molecule has 1 aliphatic carbocycles. The van der Waals surface area contributed by atoms with Crippen LogP contribution in [0.4, 0.5) is 5.82 Å². The Labute approximate surface area is 115 Å². The molecule has 0 spiro atoms. The van der Waals surface area contributed by atoms with E-state index in [-0.39, 0.29) is 6.61 Å². The van der Waals surface area contributed by atoms with Gasteiger partial charge in [0.2, 0.25) is 0 Å². The molecule has 3 heteroatoms. The summed E-state index contributed by atoms with van der Waals surface area (Å²) in [5.74, 6) is 1.99. The second-order valence-electron chi connectivity index (χ2n) is 6.02. The van der Waals surface area contributed by atoms with Gasteiger partial charge in [0.05, 0.1) is 6.61 Å². The van der Waals surface area contributed by atoms with Crippen LogP contribution >= 0.6 is 0 Å². The average Bonchev–Trinajstić information content (AvgIpc) is 2.46. The van der Waals surface area contributed by atoms with E-state index in [1.807, 2.05) is 13.0 Å². The topological polar surface area (TPSA) is 36.4 Å². The van der Waals surface area contributed by atoms with Gasteiger partial charge < -0.3 is 10.0 Å². The van der Waals surface area contributed by atoms with Crippen molar-refractivity contribution in [3.8, 4) is 0 Å². The van der Waals surface area contributed by atoms with Gasteiger partial charge in [0.15, 0.2) is 0 Å². The second-order valence-corrected chi connectivity index (χ2v) is 6.02. The molecule has 0 radical (unpaired) electrons. The van der Waals surface area contributed by atoms with Crippen molar-refractivity contribution in [3.05, 3.63) is 23.4 Å². The predicted molar refractivity (Wildman–Crippen MR) is 77.2 cm³/mol. The summed E-state index contributed by atoms with van der Waals surface area (Å²) in [4.78, 5) is 7.25. The van der Waals surface area contributed by atoms with Crippen molar-refractivity contribution in [2.75, 3.05) is 11.4 Å². The number of nitrogens with zero attached hydrogens (tertiary/aromatic N) is 2. The highest BCUT2D eigenvalue weighted by molar-refractivity contribution is 5.43. The van der Waals surface area contributed by atoms with E-state index in [0.717, 1.165) is 29.5 Å². The Morgan fingerprint density at radius 1 is 1.21 bits per heavy atom. The molecular formula is C16H24N2O. The number of piperidine rings is 1. The maximum Gasteiger partial charge on any atom is 0.129 e. The molecule has 2 aliphatic rings. The number of anilines is 1. The molecule has 1 saturated heterocycles. The Bertz CT molecular complexity index is 444. The molecule has 19 heavy (non-hydrogen) atoms. The van der Waals surface area contributed by atoms with Crippen LogP contribution in [-0.4, -0.2) is 22.7 Å². The van der Waals surface area contributed by atoms with Crippen molar-refractivity contribution in [1.82, 2.24) is 4.98 Å². The number of aromatic nitrogens is 1.